The van der Waals surface area contributed by atoms with Crippen LogP contribution < -0.4 is 0 Å². The third-order valence-electron chi connectivity index (χ3n) is 4.91. The number of fused-ring (bicyclic) bond motifs is 3. The summed E-state index contributed by atoms with van der Waals surface area (Å²) in [4.78, 5) is 0. The van der Waals surface area contributed by atoms with E-state index in [0.29, 0.717) is 5.92 Å². The standard InChI is InChI=1S/C18H24/c1-11(2)15-10-16-14-8-6-5-7-13(14)9-17(16)18(15)12(3)4/h5-8,11-12,16-17H,9-10H2,1-4H3/t16-,17+/m1/s1. The molecule has 96 valence electrons. The smallest absolute Gasteiger partial charge is 0.00528 e. The van der Waals surface area contributed by atoms with Gasteiger partial charge in [0.1, 0.15) is 0 Å². The molecule has 0 aliphatic heterocycles. The Labute approximate surface area is 111 Å². The Kier molecular flexibility index (Phi) is 2.84. The van der Waals surface area contributed by atoms with Gasteiger partial charge in [0.05, 0.1) is 0 Å². The van der Waals surface area contributed by atoms with Crippen LogP contribution in [0.2, 0.25) is 0 Å². The number of allylic oxidation sites excluding steroid dienone is 2. The van der Waals surface area contributed by atoms with Crippen LogP contribution in [0.25, 0.3) is 0 Å². The van der Waals surface area contributed by atoms with Gasteiger partial charge in [0, 0.05) is 0 Å². The Morgan fingerprint density at radius 3 is 2.28 bits per heavy atom. The Morgan fingerprint density at radius 2 is 1.61 bits per heavy atom. The predicted octanol–water partition coefficient (Wildman–Crippen LogP) is 4.95. The zero-order chi connectivity index (χ0) is 12.9. The van der Waals surface area contributed by atoms with Crippen molar-refractivity contribution in [3.8, 4) is 0 Å². The quantitative estimate of drug-likeness (QED) is 0.641. The first-order valence-electron chi connectivity index (χ1n) is 7.40. The van der Waals surface area contributed by atoms with Crippen LogP contribution in [-0.4, -0.2) is 0 Å². The Balaban J connectivity index is 2.02. The van der Waals surface area contributed by atoms with Gasteiger partial charge in [-0.2, -0.15) is 0 Å². The summed E-state index contributed by atoms with van der Waals surface area (Å²) in [6.07, 6.45) is 2.59. The second kappa shape index (κ2) is 4.26. The molecule has 0 heterocycles. The number of hydrogen-bond donors (Lipinski definition) is 0. The maximum absolute atomic E-state index is 2.38. The van der Waals surface area contributed by atoms with Crippen LogP contribution in [0, 0.1) is 17.8 Å². The molecule has 0 amide bonds. The maximum atomic E-state index is 2.38. The molecule has 2 atom stereocenters. The van der Waals surface area contributed by atoms with Crippen molar-refractivity contribution in [3.63, 3.8) is 0 Å². The zero-order valence-corrected chi connectivity index (χ0v) is 12.0. The molecule has 2 aliphatic carbocycles. The topological polar surface area (TPSA) is 0 Å². The molecule has 0 nitrogen and oxygen atoms in total. The molecular weight excluding hydrogens is 216 g/mol. The fourth-order valence-electron chi connectivity index (χ4n) is 4.22. The third-order valence-corrected chi connectivity index (χ3v) is 4.91. The lowest BCUT2D eigenvalue weighted by Gasteiger charge is -2.19. The van der Waals surface area contributed by atoms with Crippen molar-refractivity contribution in [3.05, 3.63) is 46.5 Å². The molecule has 0 saturated carbocycles. The van der Waals surface area contributed by atoms with E-state index in [1.54, 1.807) is 22.3 Å². The van der Waals surface area contributed by atoms with Crippen molar-refractivity contribution in [2.75, 3.05) is 0 Å². The first kappa shape index (κ1) is 12.0. The van der Waals surface area contributed by atoms with Crippen molar-refractivity contribution in [1.29, 1.82) is 0 Å². The summed E-state index contributed by atoms with van der Waals surface area (Å²) >= 11 is 0. The highest BCUT2D eigenvalue weighted by molar-refractivity contribution is 5.45. The molecule has 0 N–H and O–H groups in total. The molecule has 2 aliphatic rings. The average molecular weight is 240 g/mol. The van der Waals surface area contributed by atoms with Crippen LogP contribution in [0.5, 0.6) is 0 Å². The van der Waals surface area contributed by atoms with E-state index in [4.69, 9.17) is 0 Å². The fraction of sp³-hybridized carbons (Fsp3) is 0.556. The molecule has 0 spiro atoms. The largest absolute Gasteiger partial charge is 0.0673 e. The van der Waals surface area contributed by atoms with Crippen LogP contribution in [0.4, 0.5) is 0 Å². The van der Waals surface area contributed by atoms with Crippen LogP contribution in [-0.2, 0) is 6.42 Å². The van der Waals surface area contributed by atoms with Gasteiger partial charge in [-0.15, -0.1) is 0 Å². The van der Waals surface area contributed by atoms with Gasteiger partial charge in [0.25, 0.3) is 0 Å². The van der Waals surface area contributed by atoms with Gasteiger partial charge in [0.2, 0.25) is 0 Å². The molecule has 0 heteroatoms. The monoisotopic (exact) mass is 240 g/mol. The van der Waals surface area contributed by atoms with E-state index in [2.05, 4.69) is 52.0 Å². The van der Waals surface area contributed by atoms with Crippen molar-refractivity contribution < 1.29 is 0 Å². The van der Waals surface area contributed by atoms with Gasteiger partial charge in [-0.3, -0.25) is 0 Å². The minimum absolute atomic E-state index is 0.715. The molecule has 1 aromatic rings. The van der Waals surface area contributed by atoms with Crippen LogP contribution >= 0.6 is 0 Å². The lowest BCUT2D eigenvalue weighted by Crippen LogP contribution is -2.09. The molecule has 3 rings (SSSR count). The SMILES string of the molecule is CC(C)C1=C(C(C)C)[C@H]2Cc3ccccc3[C@H]2C1. The van der Waals surface area contributed by atoms with E-state index in [0.717, 1.165) is 17.8 Å². The molecular formula is C18H24. The van der Waals surface area contributed by atoms with Crippen LogP contribution in [0.3, 0.4) is 0 Å². The number of hydrogen-bond acceptors (Lipinski definition) is 0. The van der Waals surface area contributed by atoms with E-state index in [9.17, 15) is 0 Å². The first-order valence-corrected chi connectivity index (χ1v) is 7.40. The van der Waals surface area contributed by atoms with Crippen molar-refractivity contribution >= 4 is 0 Å². The summed E-state index contributed by atoms with van der Waals surface area (Å²) in [6, 6.07) is 9.10. The fourth-order valence-corrected chi connectivity index (χ4v) is 4.22. The van der Waals surface area contributed by atoms with Crippen molar-refractivity contribution in [2.45, 2.75) is 46.5 Å². The summed E-state index contributed by atoms with van der Waals surface area (Å²) in [5.74, 6) is 3.03. The first-order chi connectivity index (χ1) is 8.59. The Bertz CT molecular complexity index is 491. The van der Waals surface area contributed by atoms with E-state index in [1.165, 1.54) is 12.8 Å². The third kappa shape index (κ3) is 1.66. The lowest BCUT2D eigenvalue weighted by molar-refractivity contribution is 0.521. The van der Waals surface area contributed by atoms with Gasteiger partial charge in [-0.1, -0.05) is 63.1 Å². The highest BCUT2D eigenvalue weighted by atomic mass is 14.5. The molecule has 0 bridgehead atoms. The summed E-state index contributed by atoms with van der Waals surface area (Å²) in [7, 11) is 0. The van der Waals surface area contributed by atoms with E-state index >= 15 is 0 Å². The number of rotatable bonds is 2. The van der Waals surface area contributed by atoms with Gasteiger partial charge in [-0.05, 0) is 47.6 Å². The van der Waals surface area contributed by atoms with Gasteiger partial charge in [-0.25, -0.2) is 0 Å². The zero-order valence-electron chi connectivity index (χ0n) is 12.0. The molecule has 0 unspecified atom stereocenters. The minimum atomic E-state index is 0.715. The van der Waals surface area contributed by atoms with Crippen LogP contribution in [0.1, 0.15) is 51.2 Å². The molecule has 18 heavy (non-hydrogen) atoms. The minimum Gasteiger partial charge on any atom is -0.0673 e. The van der Waals surface area contributed by atoms with Gasteiger partial charge in [0.15, 0.2) is 0 Å². The molecule has 0 saturated heterocycles. The molecule has 1 aromatic carbocycles. The molecule has 0 aromatic heterocycles. The summed E-state index contributed by atoms with van der Waals surface area (Å²) in [5.41, 5.74) is 6.78. The maximum Gasteiger partial charge on any atom is -0.00528 e. The second-order valence-electron chi connectivity index (χ2n) is 6.61. The lowest BCUT2D eigenvalue weighted by atomic mass is 9.86. The van der Waals surface area contributed by atoms with Crippen LogP contribution in [0.15, 0.2) is 35.4 Å². The Morgan fingerprint density at radius 1 is 0.889 bits per heavy atom. The van der Waals surface area contributed by atoms with Gasteiger partial charge < -0.3 is 0 Å². The van der Waals surface area contributed by atoms with Crippen molar-refractivity contribution in [2.24, 2.45) is 17.8 Å². The summed E-state index contributed by atoms with van der Waals surface area (Å²) in [5, 5.41) is 0. The highest BCUT2D eigenvalue weighted by Gasteiger charge is 2.42. The summed E-state index contributed by atoms with van der Waals surface area (Å²) in [6.45, 7) is 9.49. The van der Waals surface area contributed by atoms with E-state index in [-0.39, 0.29) is 0 Å². The molecule has 0 radical (unpaired) electrons. The second-order valence-corrected chi connectivity index (χ2v) is 6.61. The normalized spacial score (nSPS) is 26.1. The highest BCUT2D eigenvalue weighted by Crippen LogP contribution is 2.54. The summed E-state index contributed by atoms with van der Waals surface area (Å²) < 4.78 is 0. The Hall–Kier alpha value is -1.04. The van der Waals surface area contributed by atoms with Crippen molar-refractivity contribution in [1.82, 2.24) is 0 Å². The van der Waals surface area contributed by atoms with E-state index < -0.39 is 0 Å². The average Bonchev–Trinajstić information content (AvgIpc) is 2.83. The predicted molar refractivity (Wildman–Crippen MR) is 77.7 cm³/mol. The molecule has 0 fully saturated rings. The van der Waals surface area contributed by atoms with Gasteiger partial charge >= 0.3 is 0 Å². The van der Waals surface area contributed by atoms with E-state index in [1.807, 2.05) is 0 Å². The number of benzene rings is 1.